The molecular weight excluding hydrogens is 388 g/mol. The summed E-state index contributed by atoms with van der Waals surface area (Å²) in [5.74, 6) is 1.70. The Kier molecular flexibility index (Phi) is 6.21. The Bertz CT molecular complexity index is 1060. The molecule has 160 valence electrons. The molecule has 1 aliphatic heterocycles. The molecular formula is C26H28N2O3. The molecule has 1 saturated heterocycles. The lowest BCUT2D eigenvalue weighted by atomic mass is 10.0. The zero-order valence-corrected chi connectivity index (χ0v) is 18.3. The van der Waals surface area contributed by atoms with Crippen molar-refractivity contribution in [3.8, 4) is 22.6 Å². The first-order chi connectivity index (χ1) is 15.1. The number of ether oxygens (including phenoxy) is 2. The molecule has 0 N–H and O–H groups in total. The monoisotopic (exact) mass is 416 g/mol. The molecule has 31 heavy (non-hydrogen) atoms. The molecule has 5 nitrogen and oxygen atoms in total. The van der Waals surface area contributed by atoms with Crippen LogP contribution in [0.15, 0.2) is 60.7 Å². The first kappa shape index (κ1) is 20.9. The lowest BCUT2D eigenvalue weighted by molar-refractivity contribution is -0.131. The van der Waals surface area contributed by atoms with Crippen LogP contribution in [0, 0.1) is 6.92 Å². The Hall–Kier alpha value is -3.34. The highest BCUT2D eigenvalue weighted by Gasteiger charge is 2.31. The topological polar surface area (TPSA) is 51.7 Å². The number of rotatable bonds is 6. The highest BCUT2D eigenvalue weighted by atomic mass is 16.5. The number of nitrogens with zero attached hydrogens (tertiary/aromatic N) is 2. The molecule has 4 rings (SSSR count). The van der Waals surface area contributed by atoms with Crippen LogP contribution in [0.1, 0.15) is 35.8 Å². The molecule has 1 fully saturated rings. The second-order valence-electron chi connectivity index (χ2n) is 7.88. The molecule has 1 aromatic heterocycles. The smallest absolute Gasteiger partial charge is 0.227 e. The summed E-state index contributed by atoms with van der Waals surface area (Å²) in [4.78, 5) is 20.0. The van der Waals surface area contributed by atoms with Crippen LogP contribution in [0.5, 0.6) is 11.5 Å². The van der Waals surface area contributed by atoms with Crippen LogP contribution in [-0.4, -0.2) is 36.6 Å². The highest BCUT2D eigenvalue weighted by molar-refractivity contribution is 5.80. The van der Waals surface area contributed by atoms with Crippen molar-refractivity contribution in [1.29, 1.82) is 0 Å². The van der Waals surface area contributed by atoms with E-state index >= 15 is 0 Å². The van der Waals surface area contributed by atoms with Gasteiger partial charge in [-0.05, 0) is 61.2 Å². The zero-order valence-electron chi connectivity index (χ0n) is 18.3. The fourth-order valence-electron chi connectivity index (χ4n) is 4.30. The Morgan fingerprint density at radius 1 is 1.03 bits per heavy atom. The summed E-state index contributed by atoms with van der Waals surface area (Å²) >= 11 is 0. The zero-order chi connectivity index (χ0) is 21.8. The lowest BCUT2D eigenvalue weighted by Gasteiger charge is -2.25. The van der Waals surface area contributed by atoms with Gasteiger partial charge in [-0.15, -0.1) is 0 Å². The van der Waals surface area contributed by atoms with Crippen molar-refractivity contribution >= 4 is 5.91 Å². The van der Waals surface area contributed by atoms with Gasteiger partial charge >= 0.3 is 0 Å². The molecule has 2 heterocycles. The average Bonchev–Trinajstić information content (AvgIpc) is 3.29. The Morgan fingerprint density at radius 2 is 1.81 bits per heavy atom. The van der Waals surface area contributed by atoms with Crippen molar-refractivity contribution in [3.05, 3.63) is 77.6 Å². The van der Waals surface area contributed by atoms with Gasteiger partial charge in [-0.25, -0.2) is 0 Å². The van der Waals surface area contributed by atoms with E-state index in [4.69, 9.17) is 14.5 Å². The molecule has 0 radical (unpaired) electrons. The molecule has 2 aromatic carbocycles. The van der Waals surface area contributed by atoms with Crippen LogP contribution in [0.3, 0.4) is 0 Å². The molecule has 1 unspecified atom stereocenters. The van der Waals surface area contributed by atoms with E-state index in [1.807, 2.05) is 48.2 Å². The number of pyridine rings is 1. The Labute approximate surface area is 183 Å². The molecule has 3 aromatic rings. The van der Waals surface area contributed by atoms with Crippen LogP contribution < -0.4 is 9.47 Å². The van der Waals surface area contributed by atoms with E-state index in [0.29, 0.717) is 6.42 Å². The number of aryl methyl sites for hydroxylation is 1. The van der Waals surface area contributed by atoms with Gasteiger partial charge in [0.25, 0.3) is 0 Å². The molecule has 5 heteroatoms. The molecule has 1 aliphatic rings. The molecule has 1 atom stereocenters. The molecule has 0 saturated carbocycles. The fourth-order valence-corrected chi connectivity index (χ4v) is 4.30. The van der Waals surface area contributed by atoms with Gasteiger partial charge in [0.05, 0.1) is 32.4 Å². The number of amides is 1. The summed E-state index contributed by atoms with van der Waals surface area (Å²) < 4.78 is 10.7. The predicted octanol–water partition coefficient (Wildman–Crippen LogP) is 4.98. The third-order valence-corrected chi connectivity index (χ3v) is 5.85. The fraction of sp³-hybridized carbons (Fsp3) is 0.308. The lowest BCUT2D eigenvalue weighted by Crippen LogP contribution is -2.32. The van der Waals surface area contributed by atoms with Crippen LogP contribution in [0.2, 0.25) is 0 Å². The summed E-state index contributed by atoms with van der Waals surface area (Å²) in [6.45, 7) is 2.76. The van der Waals surface area contributed by atoms with Gasteiger partial charge in [0.1, 0.15) is 11.5 Å². The van der Waals surface area contributed by atoms with Crippen LogP contribution >= 0.6 is 0 Å². The molecule has 0 bridgehead atoms. The van der Waals surface area contributed by atoms with Crippen LogP contribution in [-0.2, 0) is 11.2 Å². The SMILES string of the molecule is COc1ccc(-c2cc(C)nc(C3CCCN3C(=O)Cc3ccccc3OC)c2)cc1. The summed E-state index contributed by atoms with van der Waals surface area (Å²) in [6.07, 6.45) is 2.24. The van der Waals surface area contributed by atoms with E-state index in [1.54, 1.807) is 14.2 Å². The summed E-state index contributed by atoms with van der Waals surface area (Å²) in [5.41, 5.74) is 5.03. The van der Waals surface area contributed by atoms with E-state index in [2.05, 4.69) is 24.3 Å². The quantitative estimate of drug-likeness (QED) is 0.569. The highest BCUT2D eigenvalue weighted by Crippen LogP contribution is 2.34. The van der Waals surface area contributed by atoms with E-state index < -0.39 is 0 Å². The number of methoxy groups -OCH3 is 2. The summed E-state index contributed by atoms with van der Waals surface area (Å²) in [5, 5.41) is 0. The summed E-state index contributed by atoms with van der Waals surface area (Å²) in [6, 6.07) is 19.9. The second kappa shape index (κ2) is 9.21. The maximum atomic E-state index is 13.2. The predicted molar refractivity (Wildman–Crippen MR) is 121 cm³/mol. The van der Waals surface area contributed by atoms with Gasteiger partial charge in [0.2, 0.25) is 5.91 Å². The van der Waals surface area contributed by atoms with Crippen LogP contribution in [0.4, 0.5) is 0 Å². The third kappa shape index (κ3) is 4.55. The van der Waals surface area contributed by atoms with Crippen molar-refractivity contribution in [2.45, 2.75) is 32.2 Å². The normalized spacial score (nSPS) is 15.7. The largest absolute Gasteiger partial charge is 0.497 e. The number of benzene rings is 2. The van der Waals surface area contributed by atoms with Gasteiger partial charge in [-0.2, -0.15) is 0 Å². The molecule has 0 aliphatic carbocycles. The van der Waals surface area contributed by atoms with Gasteiger partial charge in [0, 0.05) is 17.8 Å². The minimum Gasteiger partial charge on any atom is -0.497 e. The minimum atomic E-state index is -0.000828. The van der Waals surface area contributed by atoms with Crippen molar-refractivity contribution < 1.29 is 14.3 Å². The average molecular weight is 417 g/mol. The summed E-state index contributed by atoms with van der Waals surface area (Å²) in [7, 11) is 3.31. The second-order valence-corrected chi connectivity index (χ2v) is 7.88. The first-order valence-electron chi connectivity index (χ1n) is 10.6. The van der Waals surface area contributed by atoms with E-state index in [1.165, 1.54) is 0 Å². The van der Waals surface area contributed by atoms with E-state index in [-0.39, 0.29) is 11.9 Å². The standard InChI is InChI=1S/C26H28N2O3/c1-18-15-21(19-10-12-22(30-2)13-11-19)16-23(27-18)24-8-6-14-28(24)26(29)17-20-7-4-5-9-25(20)31-3/h4-5,7,9-13,15-16,24H,6,8,14,17H2,1-3H3. The van der Waals surface area contributed by atoms with E-state index in [0.717, 1.165) is 59.0 Å². The molecule has 1 amide bonds. The van der Waals surface area contributed by atoms with Gasteiger partial charge in [-0.1, -0.05) is 30.3 Å². The Morgan fingerprint density at radius 3 is 2.55 bits per heavy atom. The van der Waals surface area contributed by atoms with Crippen molar-refractivity contribution in [2.24, 2.45) is 0 Å². The maximum Gasteiger partial charge on any atom is 0.227 e. The minimum absolute atomic E-state index is 0.000828. The number of aromatic nitrogens is 1. The van der Waals surface area contributed by atoms with Gasteiger partial charge in [0.15, 0.2) is 0 Å². The van der Waals surface area contributed by atoms with Crippen molar-refractivity contribution in [3.63, 3.8) is 0 Å². The number of para-hydroxylation sites is 1. The van der Waals surface area contributed by atoms with Crippen molar-refractivity contribution in [1.82, 2.24) is 9.88 Å². The number of carbonyl (C=O) groups is 1. The van der Waals surface area contributed by atoms with Gasteiger partial charge in [-0.3, -0.25) is 9.78 Å². The van der Waals surface area contributed by atoms with Crippen molar-refractivity contribution in [2.75, 3.05) is 20.8 Å². The number of likely N-dealkylation sites (tertiary alicyclic amines) is 1. The number of carbonyl (C=O) groups excluding carboxylic acids is 1. The van der Waals surface area contributed by atoms with Gasteiger partial charge < -0.3 is 14.4 Å². The first-order valence-corrected chi connectivity index (χ1v) is 10.6. The number of hydrogen-bond donors (Lipinski definition) is 0. The maximum absolute atomic E-state index is 13.2. The Balaban J connectivity index is 1.59. The van der Waals surface area contributed by atoms with E-state index in [9.17, 15) is 4.79 Å². The number of hydrogen-bond acceptors (Lipinski definition) is 4. The third-order valence-electron chi connectivity index (χ3n) is 5.85. The van der Waals surface area contributed by atoms with Crippen LogP contribution in [0.25, 0.3) is 11.1 Å². The molecule has 0 spiro atoms.